The summed E-state index contributed by atoms with van der Waals surface area (Å²) < 4.78 is 2.06. The minimum absolute atomic E-state index is 0.136. The van der Waals surface area contributed by atoms with Crippen molar-refractivity contribution in [2.24, 2.45) is 0 Å². The first-order chi connectivity index (χ1) is 13.3. The number of carbonyl (C=O) groups is 1. The van der Waals surface area contributed by atoms with Crippen molar-refractivity contribution in [2.75, 3.05) is 6.54 Å². The first-order valence-corrected chi connectivity index (χ1v) is 10.5. The Morgan fingerprint density at radius 1 is 1.19 bits per heavy atom. The molecule has 2 aliphatic rings. The van der Waals surface area contributed by atoms with Crippen molar-refractivity contribution in [3.63, 3.8) is 0 Å². The number of nitrogens with one attached hydrogen (secondary N) is 1. The van der Waals surface area contributed by atoms with Crippen LogP contribution in [0.2, 0.25) is 0 Å². The highest BCUT2D eigenvalue weighted by molar-refractivity contribution is 7.09. The Morgan fingerprint density at radius 2 is 2.15 bits per heavy atom. The molecular weight excluding hydrogens is 356 g/mol. The molecule has 27 heavy (non-hydrogen) atoms. The second kappa shape index (κ2) is 6.93. The number of nitrogens with zero attached hydrogens (tertiary/aromatic N) is 3. The number of carbonyl (C=O) groups excluding carboxylic acids is 1. The number of rotatable bonds is 4. The van der Waals surface area contributed by atoms with Crippen molar-refractivity contribution in [2.45, 2.75) is 44.4 Å². The van der Waals surface area contributed by atoms with Crippen LogP contribution in [0.5, 0.6) is 0 Å². The largest absolute Gasteiger partial charge is 0.355 e. The number of benzene rings is 1. The van der Waals surface area contributed by atoms with Gasteiger partial charge in [0.1, 0.15) is 5.82 Å². The van der Waals surface area contributed by atoms with Crippen LogP contribution in [0.25, 0.3) is 5.69 Å². The van der Waals surface area contributed by atoms with Crippen molar-refractivity contribution < 1.29 is 4.79 Å². The number of hydrogen-bond donors (Lipinski definition) is 1. The van der Waals surface area contributed by atoms with Crippen molar-refractivity contribution in [3.05, 3.63) is 63.4 Å². The smallest absolute Gasteiger partial charge is 0.220 e. The number of aromatic nitrogens is 3. The maximum absolute atomic E-state index is 11.6. The normalized spacial score (nSPS) is 19.1. The minimum Gasteiger partial charge on any atom is -0.355 e. The third-order valence-electron chi connectivity index (χ3n) is 5.57. The van der Waals surface area contributed by atoms with E-state index >= 15 is 0 Å². The van der Waals surface area contributed by atoms with Gasteiger partial charge in [-0.1, -0.05) is 18.2 Å². The van der Waals surface area contributed by atoms with Gasteiger partial charge in [0.05, 0.1) is 5.69 Å². The van der Waals surface area contributed by atoms with Crippen LogP contribution in [-0.4, -0.2) is 27.2 Å². The topological polar surface area (TPSA) is 59.8 Å². The molecule has 1 amide bonds. The van der Waals surface area contributed by atoms with Crippen LogP contribution >= 0.6 is 11.3 Å². The zero-order valence-electron chi connectivity index (χ0n) is 15.1. The highest BCUT2D eigenvalue weighted by Crippen LogP contribution is 2.31. The Kier molecular flexibility index (Phi) is 4.28. The predicted molar refractivity (Wildman–Crippen MR) is 105 cm³/mol. The third-order valence-corrected chi connectivity index (χ3v) is 6.44. The van der Waals surface area contributed by atoms with Crippen LogP contribution in [0.15, 0.2) is 35.7 Å². The lowest BCUT2D eigenvalue weighted by Gasteiger charge is -2.22. The number of hydrogen-bond acceptors (Lipinski definition) is 4. The summed E-state index contributed by atoms with van der Waals surface area (Å²) in [7, 11) is 0. The van der Waals surface area contributed by atoms with E-state index < -0.39 is 0 Å². The quantitative estimate of drug-likeness (QED) is 0.757. The maximum atomic E-state index is 11.6. The summed E-state index contributed by atoms with van der Waals surface area (Å²) in [5.41, 5.74) is 4.01. The van der Waals surface area contributed by atoms with Crippen LogP contribution in [0.1, 0.15) is 52.8 Å². The van der Waals surface area contributed by atoms with Gasteiger partial charge in [-0.15, -0.1) is 11.3 Å². The first kappa shape index (κ1) is 16.7. The molecule has 3 aromatic rings. The first-order valence-electron chi connectivity index (χ1n) is 9.64. The van der Waals surface area contributed by atoms with Gasteiger partial charge in [-0.25, -0.2) is 9.67 Å². The molecule has 0 unspecified atom stereocenters. The number of amides is 1. The van der Waals surface area contributed by atoms with Crippen molar-refractivity contribution >= 4 is 17.2 Å². The van der Waals surface area contributed by atoms with E-state index in [1.54, 1.807) is 11.3 Å². The molecule has 5 nitrogen and oxygen atoms in total. The molecule has 0 bridgehead atoms. The predicted octanol–water partition coefficient (Wildman–Crippen LogP) is 3.40. The monoisotopic (exact) mass is 378 g/mol. The Labute approximate surface area is 162 Å². The number of fused-ring (bicyclic) bond motifs is 1. The van der Waals surface area contributed by atoms with Crippen LogP contribution in [0, 0.1) is 0 Å². The standard InChI is InChI=1S/C21H22N4OS/c26-20-10-9-15(13-22-20)21-23-19(12-16-6-3-11-27-16)24-25(21)18-8-2-5-14-4-1-7-17(14)18/h2-3,5-6,8,11,15H,1,4,7,9-10,12-13H2,(H,22,26)/t15-/m0/s1. The fourth-order valence-corrected chi connectivity index (χ4v) is 4.91. The molecule has 0 spiro atoms. The lowest BCUT2D eigenvalue weighted by molar-refractivity contribution is -0.122. The average Bonchev–Trinajstić information content (AvgIpc) is 3.43. The van der Waals surface area contributed by atoms with Gasteiger partial charge >= 0.3 is 0 Å². The van der Waals surface area contributed by atoms with Gasteiger partial charge < -0.3 is 5.32 Å². The zero-order valence-corrected chi connectivity index (χ0v) is 16.0. The van der Waals surface area contributed by atoms with E-state index in [4.69, 9.17) is 10.1 Å². The molecule has 2 aromatic heterocycles. The average molecular weight is 379 g/mol. The van der Waals surface area contributed by atoms with Crippen molar-refractivity contribution in [3.8, 4) is 5.69 Å². The van der Waals surface area contributed by atoms with Gasteiger partial charge in [-0.2, -0.15) is 5.10 Å². The molecule has 138 valence electrons. The van der Waals surface area contributed by atoms with E-state index in [0.29, 0.717) is 13.0 Å². The number of aryl methyl sites for hydroxylation is 1. The molecule has 1 aliphatic heterocycles. The summed E-state index contributed by atoms with van der Waals surface area (Å²) in [5.74, 6) is 2.20. The van der Waals surface area contributed by atoms with Crippen molar-refractivity contribution in [1.82, 2.24) is 20.1 Å². The molecule has 3 heterocycles. The molecular formula is C21H22N4OS. The zero-order chi connectivity index (χ0) is 18.2. The summed E-state index contributed by atoms with van der Waals surface area (Å²) in [6.07, 6.45) is 5.60. The molecule has 1 aliphatic carbocycles. The van der Waals surface area contributed by atoms with E-state index in [-0.39, 0.29) is 11.8 Å². The van der Waals surface area contributed by atoms with E-state index in [2.05, 4.69) is 45.7 Å². The molecule has 1 fully saturated rings. The fraction of sp³-hybridized carbons (Fsp3) is 0.381. The Balaban J connectivity index is 1.57. The minimum atomic E-state index is 0.136. The van der Waals surface area contributed by atoms with Gasteiger partial charge in [-0.05, 0) is 54.3 Å². The van der Waals surface area contributed by atoms with Crippen LogP contribution in [-0.2, 0) is 24.1 Å². The van der Waals surface area contributed by atoms with Crippen LogP contribution in [0.3, 0.4) is 0 Å². The molecule has 1 N–H and O–H groups in total. The van der Waals surface area contributed by atoms with Gasteiger partial charge in [-0.3, -0.25) is 4.79 Å². The molecule has 1 aromatic carbocycles. The summed E-state index contributed by atoms with van der Waals surface area (Å²) in [4.78, 5) is 17.8. The summed E-state index contributed by atoms with van der Waals surface area (Å²) in [5, 5.41) is 10.0. The van der Waals surface area contributed by atoms with Gasteiger partial charge in [0.2, 0.25) is 5.91 Å². The van der Waals surface area contributed by atoms with Crippen LogP contribution in [0.4, 0.5) is 0 Å². The number of thiophene rings is 1. The Hall–Kier alpha value is -2.47. The van der Waals surface area contributed by atoms with E-state index in [1.165, 1.54) is 28.1 Å². The van der Waals surface area contributed by atoms with Gasteiger partial charge in [0, 0.05) is 30.2 Å². The SMILES string of the molecule is O=C1CC[C@H](c2nc(Cc3cccs3)nn2-c2cccc3c2CCC3)CN1. The molecule has 1 atom stereocenters. The number of piperidine rings is 1. The summed E-state index contributed by atoms with van der Waals surface area (Å²) >= 11 is 1.74. The molecule has 1 saturated heterocycles. The lowest BCUT2D eigenvalue weighted by atomic mass is 9.98. The highest BCUT2D eigenvalue weighted by atomic mass is 32.1. The van der Waals surface area contributed by atoms with E-state index in [1.807, 2.05) is 0 Å². The lowest BCUT2D eigenvalue weighted by Crippen LogP contribution is -2.34. The Bertz CT molecular complexity index is 966. The van der Waals surface area contributed by atoms with Crippen molar-refractivity contribution in [1.29, 1.82) is 0 Å². The second-order valence-corrected chi connectivity index (χ2v) is 8.39. The maximum Gasteiger partial charge on any atom is 0.220 e. The van der Waals surface area contributed by atoms with E-state index in [9.17, 15) is 4.79 Å². The van der Waals surface area contributed by atoms with Crippen LogP contribution < -0.4 is 5.32 Å². The fourth-order valence-electron chi connectivity index (χ4n) is 4.21. The Morgan fingerprint density at radius 3 is 2.96 bits per heavy atom. The summed E-state index contributed by atoms with van der Waals surface area (Å²) in [6, 6.07) is 10.7. The summed E-state index contributed by atoms with van der Waals surface area (Å²) in [6.45, 7) is 0.644. The second-order valence-electron chi connectivity index (χ2n) is 7.36. The molecule has 0 radical (unpaired) electrons. The third kappa shape index (κ3) is 3.18. The van der Waals surface area contributed by atoms with Gasteiger partial charge in [0.25, 0.3) is 0 Å². The highest BCUT2D eigenvalue weighted by Gasteiger charge is 2.27. The molecule has 0 saturated carbocycles. The molecule has 6 heteroatoms. The van der Waals surface area contributed by atoms with Gasteiger partial charge in [0.15, 0.2) is 5.82 Å². The van der Waals surface area contributed by atoms with E-state index in [0.717, 1.165) is 37.3 Å². The molecule has 5 rings (SSSR count).